The minimum absolute atomic E-state index is 0.114. The lowest BCUT2D eigenvalue weighted by molar-refractivity contribution is 0.720. The molecule has 2 heteroatoms. The van der Waals surface area contributed by atoms with E-state index in [-0.39, 0.29) is 6.04 Å². The average molecular weight is 245 g/mol. The van der Waals surface area contributed by atoms with Crippen molar-refractivity contribution in [2.45, 2.75) is 33.2 Å². The molecule has 1 aromatic carbocycles. The van der Waals surface area contributed by atoms with Gasteiger partial charge in [-0.3, -0.25) is 0 Å². The van der Waals surface area contributed by atoms with Crippen molar-refractivity contribution in [1.29, 1.82) is 0 Å². The number of aryl methyl sites for hydroxylation is 3. The molecule has 0 saturated heterocycles. The molecule has 1 nitrogen and oxygen atoms in total. The van der Waals surface area contributed by atoms with E-state index in [1.54, 1.807) is 11.3 Å². The zero-order chi connectivity index (χ0) is 12.4. The molecule has 2 N–H and O–H groups in total. The van der Waals surface area contributed by atoms with Crippen LogP contribution in [0.4, 0.5) is 0 Å². The van der Waals surface area contributed by atoms with E-state index in [0.717, 1.165) is 6.42 Å². The van der Waals surface area contributed by atoms with Crippen LogP contribution in [0.3, 0.4) is 0 Å². The lowest BCUT2D eigenvalue weighted by Gasteiger charge is -2.12. The normalized spacial score (nSPS) is 12.7. The zero-order valence-electron chi connectivity index (χ0n) is 10.7. The molecule has 0 radical (unpaired) electrons. The lowest BCUT2D eigenvalue weighted by atomic mass is 9.98. The highest BCUT2D eigenvalue weighted by Crippen LogP contribution is 2.24. The predicted molar refractivity (Wildman–Crippen MR) is 75.6 cm³/mol. The van der Waals surface area contributed by atoms with Crippen LogP contribution in [-0.4, -0.2) is 0 Å². The van der Waals surface area contributed by atoms with Gasteiger partial charge in [-0.05, 0) is 60.9 Å². The van der Waals surface area contributed by atoms with Gasteiger partial charge >= 0.3 is 0 Å². The molecule has 1 unspecified atom stereocenters. The van der Waals surface area contributed by atoms with Crippen molar-refractivity contribution in [3.05, 3.63) is 56.8 Å². The first kappa shape index (κ1) is 12.3. The highest BCUT2D eigenvalue weighted by atomic mass is 32.1. The Balaban J connectivity index is 2.16. The van der Waals surface area contributed by atoms with E-state index < -0.39 is 0 Å². The number of benzene rings is 1. The maximum Gasteiger partial charge on any atom is 0.0346 e. The van der Waals surface area contributed by atoms with Crippen LogP contribution in [0.25, 0.3) is 0 Å². The number of hydrogen-bond donors (Lipinski definition) is 1. The van der Waals surface area contributed by atoms with E-state index in [0.29, 0.717) is 0 Å². The zero-order valence-corrected chi connectivity index (χ0v) is 11.5. The van der Waals surface area contributed by atoms with Gasteiger partial charge in [0.2, 0.25) is 0 Å². The Bertz CT molecular complexity index is 513. The van der Waals surface area contributed by atoms with Crippen LogP contribution in [0.1, 0.15) is 33.2 Å². The number of hydrogen-bond acceptors (Lipinski definition) is 2. The van der Waals surface area contributed by atoms with Crippen LogP contribution < -0.4 is 5.73 Å². The fourth-order valence-corrected chi connectivity index (χ4v) is 2.85. The fourth-order valence-electron chi connectivity index (χ4n) is 2.07. The molecule has 1 heterocycles. The van der Waals surface area contributed by atoms with Gasteiger partial charge in [0.1, 0.15) is 0 Å². The van der Waals surface area contributed by atoms with Gasteiger partial charge in [0.25, 0.3) is 0 Å². The third-order valence-electron chi connectivity index (χ3n) is 3.33. The summed E-state index contributed by atoms with van der Waals surface area (Å²) in [4.78, 5) is 1.33. The molecule has 2 aromatic rings. The molecule has 0 saturated carbocycles. The minimum Gasteiger partial charge on any atom is -0.324 e. The van der Waals surface area contributed by atoms with Gasteiger partial charge in [-0.2, -0.15) is 0 Å². The molecule has 0 aliphatic heterocycles. The first-order valence-corrected chi connectivity index (χ1v) is 6.81. The van der Waals surface area contributed by atoms with Crippen LogP contribution in [0.5, 0.6) is 0 Å². The second-order valence-corrected chi connectivity index (χ2v) is 5.78. The molecule has 1 aromatic heterocycles. The molecular weight excluding hydrogens is 226 g/mol. The minimum atomic E-state index is 0.114. The standard InChI is InChI=1S/C15H19NS/c1-10-4-5-13(8-11(10)2)9-15(16)14-6-7-17-12(14)3/h4-8,15H,9,16H2,1-3H3. The summed E-state index contributed by atoms with van der Waals surface area (Å²) in [5.74, 6) is 0. The lowest BCUT2D eigenvalue weighted by Crippen LogP contribution is -2.13. The first-order chi connectivity index (χ1) is 8.08. The van der Waals surface area contributed by atoms with Crippen LogP contribution in [0.15, 0.2) is 29.6 Å². The number of nitrogens with two attached hydrogens (primary N) is 1. The second-order valence-electron chi connectivity index (χ2n) is 4.66. The summed E-state index contributed by atoms with van der Waals surface area (Å²) in [6.07, 6.45) is 0.915. The predicted octanol–water partition coefficient (Wildman–Crippen LogP) is 3.92. The van der Waals surface area contributed by atoms with Gasteiger partial charge in [-0.1, -0.05) is 18.2 Å². The average Bonchev–Trinajstić information content (AvgIpc) is 2.70. The molecule has 0 aliphatic carbocycles. The highest BCUT2D eigenvalue weighted by Gasteiger charge is 2.10. The fraction of sp³-hybridized carbons (Fsp3) is 0.333. The van der Waals surface area contributed by atoms with Gasteiger partial charge in [0, 0.05) is 10.9 Å². The van der Waals surface area contributed by atoms with Crippen molar-refractivity contribution >= 4 is 11.3 Å². The molecule has 1 atom stereocenters. The van der Waals surface area contributed by atoms with E-state index in [9.17, 15) is 0 Å². The molecule has 0 aliphatic rings. The summed E-state index contributed by atoms with van der Waals surface area (Å²) in [6.45, 7) is 6.43. The maximum atomic E-state index is 6.27. The Kier molecular flexibility index (Phi) is 3.65. The van der Waals surface area contributed by atoms with Gasteiger partial charge in [0.05, 0.1) is 0 Å². The molecule has 0 amide bonds. The third-order valence-corrected chi connectivity index (χ3v) is 4.19. The van der Waals surface area contributed by atoms with E-state index in [1.807, 2.05) is 0 Å². The molecular formula is C15H19NS. The van der Waals surface area contributed by atoms with Crippen molar-refractivity contribution in [1.82, 2.24) is 0 Å². The van der Waals surface area contributed by atoms with Crippen molar-refractivity contribution in [2.24, 2.45) is 5.73 Å². The summed E-state index contributed by atoms with van der Waals surface area (Å²) in [5.41, 5.74) is 11.6. The SMILES string of the molecule is Cc1ccc(CC(N)c2ccsc2C)cc1C. The summed E-state index contributed by atoms with van der Waals surface area (Å²) in [5, 5.41) is 2.12. The van der Waals surface area contributed by atoms with E-state index in [1.165, 1.54) is 27.1 Å². The van der Waals surface area contributed by atoms with Crippen molar-refractivity contribution in [2.75, 3.05) is 0 Å². The Labute approximate surface area is 107 Å². The van der Waals surface area contributed by atoms with Gasteiger partial charge < -0.3 is 5.73 Å². The smallest absolute Gasteiger partial charge is 0.0346 e. The Morgan fingerprint density at radius 2 is 1.88 bits per heavy atom. The Morgan fingerprint density at radius 1 is 1.12 bits per heavy atom. The van der Waals surface area contributed by atoms with Crippen LogP contribution in [0, 0.1) is 20.8 Å². The maximum absolute atomic E-state index is 6.27. The third kappa shape index (κ3) is 2.76. The summed E-state index contributed by atoms with van der Waals surface area (Å²) < 4.78 is 0. The summed E-state index contributed by atoms with van der Waals surface area (Å²) in [6, 6.07) is 8.87. The molecule has 90 valence electrons. The van der Waals surface area contributed by atoms with Crippen LogP contribution in [0.2, 0.25) is 0 Å². The Morgan fingerprint density at radius 3 is 2.47 bits per heavy atom. The molecule has 17 heavy (non-hydrogen) atoms. The topological polar surface area (TPSA) is 26.0 Å². The van der Waals surface area contributed by atoms with Crippen molar-refractivity contribution in [3.8, 4) is 0 Å². The van der Waals surface area contributed by atoms with Crippen LogP contribution in [-0.2, 0) is 6.42 Å². The van der Waals surface area contributed by atoms with Gasteiger partial charge in [-0.25, -0.2) is 0 Å². The summed E-state index contributed by atoms with van der Waals surface area (Å²) >= 11 is 1.77. The Hall–Kier alpha value is -1.12. The largest absolute Gasteiger partial charge is 0.324 e. The second kappa shape index (κ2) is 5.03. The quantitative estimate of drug-likeness (QED) is 0.871. The molecule has 2 rings (SSSR count). The van der Waals surface area contributed by atoms with E-state index in [2.05, 4.69) is 50.4 Å². The number of thiophene rings is 1. The first-order valence-electron chi connectivity index (χ1n) is 5.93. The van der Waals surface area contributed by atoms with Gasteiger partial charge in [-0.15, -0.1) is 11.3 Å². The highest BCUT2D eigenvalue weighted by molar-refractivity contribution is 7.10. The summed E-state index contributed by atoms with van der Waals surface area (Å²) in [7, 11) is 0. The van der Waals surface area contributed by atoms with Gasteiger partial charge in [0.15, 0.2) is 0 Å². The van der Waals surface area contributed by atoms with Crippen molar-refractivity contribution < 1.29 is 0 Å². The monoisotopic (exact) mass is 245 g/mol. The van der Waals surface area contributed by atoms with Crippen molar-refractivity contribution in [3.63, 3.8) is 0 Å². The van der Waals surface area contributed by atoms with Crippen LogP contribution >= 0.6 is 11.3 Å². The molecule has 0 fully saturated rings. The number of rotatable bonds is 3. The molecule has 0 spiro atoms. The molecule has 0 bridgehead atoms. The van der Waals surface area contributed by atoms with E-state index in [4.69, 9.17) is 5.73 Å². The van der Waals surface area contributed by atoms with E-state index >= 15 is 0 Å².